The van der Waals surface area contributed by atoms with E-state index in [0.29, 0.717) is 6.04 Å². The molecular weight excluding hydrogens is 206 g/mol. The number of hydrogen-bond acceptors (Lipinski definition) is 1. The Morgan fingerprint density at radius 3 is 2.65 bits per heavy atom. The summed E-state index contributed by atoms with van der Waals surface area (Å²) < 4.78 is 0. The maximum Gasteiger partial charge on any atom is 0.00698 e. The maximum atomic E-state index is 6.33. The van der Waals surface area contributed by atoms with Crippen LogP contribution < -0.4 is 5.73 Å². The second kappa shape index (κ2) is 6.20. The predicted molar refractivity (Wildman–Crippen MR) is 73.9 cm³/mol. The molecule has 2 rings (SSSR count). The van der Waals surface area contributed by atoms with E-state index in [0.717, 1.165) is 11.8 Å². The first-order valence-electron chi connectivity index (χ1n) is 7.07. The van der Waals surface area contributed by atoms with Crippen molar-refractivity contribution in [1.82, 2.24) is 0 Å². The van der Waals surface area contributed by atoms with Gasteiger partial charge in [0, 0.05) is 6.04 Å². The molecule has 1 aliphatic carbocycles. The average Bonchev–Trinajstić information content (AvgIpc) is 2.77. The lowest BCUT2D eigenvalue weighted by Gasteiger charge is -2.23. The summed E-state index contributed by atoms with van der Waals surface area (Å²) in [4.78, 5) is 0. The molecule has 1 heteroatoms. The number of benzene rings is 1. The van der Waals surface area contributed by atoms with Gasteiger partial charge in [-0.1, -0.05) is 50.1 Å². The van der Waals surface area contributed by atoms with Gasteiger partial charge in [0.25, 0.3) is 0 Å². The van der Waals surface area contributed by atoms with Crippen molar-refractivity contribution < 1.29 is 0 Å². The van der Waals surface area contributed by atoms with Gasteiger partial charge in [-0.15, -0.1) is 0 Å². The Labute approximate surface area is 105 Å². The van der Waals surface area contributed by atoms with E-state index in [-0.39, 0.29) is 0 Å². The third-order valence-corrected chi connectivity index (χ3v) is 4.32. The summed E-state index contributed by atoms with van der Waals surface area (Å²) in [7, 11) is 0. The predicted octanol–water partition coefficient (Wildman–Crippen LogP) is 3.77. The number of nitrogens with two attached hydrogens (primary N) is 1. The lowest BCUT2D eigenvalue weighted by Crippen LogP contribution is -2.31. The molecule has 0 saturated heterocycles. The van der Waals surface area contributed by atoms with Crippen LogP contribution in [0.4, 0.5) is 0 Å². The van der Waals surface area contributed by atoms with Crippen molar-refractivity contribution in [2.75, 3.05) is 0 Å². The topological polar surface area (TPSA) is 26.0 Å². The van der Waals surface area contributed by atoms with E-state index in [9.17, 15) is 0 Å². The maximum absolute atomic E-state index is 6.33. The van der Waals surface area contributed by atoms with Gasteiger partial charge in [-0.25, -0.2) is 0 Å². The van der Waals surface area contributed by atoms with Crippen molar-refractivity contribution >= 4 is 0 Å². The molecule has 1 fully saturated rings. The highest BCUT2D eigenvalue weighted by molar-refractivity contribution is 5.14. The molecule has 0 bridgehead atoms. The fourth-order valence-corrected chi connectivity index (χ4v) is 3.21. The summed E-state index contributed by atoms with van der Waals surface area (Å²) in [5, 5.41) is 0. The monoisotopic (exact) mass is 231 g/mol. The first kappa shape index (κ1) is 12.6. The Balaban J connectivity index is 1.71. The minimum Gasteiger partial charge on any atom is -0.327 e. The summed E-state index contributed by atoms with van der Waals surface area (Å²) in [5.41, 5.74) is 7.78. The molecular formula is C16H25N. The summed E-state index contributed by atoms with van der Waals surface area (Å²) in [6, 6.07) is 11.2. The standard InChI is InChI=1S/C16H25N/c1-13-7-5-11-15(13)16(17)12-6-10-14-8-3-2-4-9-14/h2-4,8-9,13,15-16H,5-7,10-12,17H2,1H3. The van der Waals surface area contributed by atoms with Crippen molar-refractivity contribution in [1.29, 1.82) is 0 Å². The van der Waals surface area contributed by atoms with Gasteiger partial charge < -0.3 is 5.73 Å². The highest BCUT2D eigenvalue weighted by atomic mass is 14.7. The first-order chi connectivity index (χ1) is 8.27. The normalized spacial score (nSPS) is 26.0. The minimum absolute atomic E-state index is 0.427. The highest BCUT2D eigenvalue weighted by Gasteiger charge is 2.28. The largest absolute Gasteiger partial charge is 0.327 e. The molecule has 3 unspecified atom stereocenters. The fraction of sp³-hybridized carbons (Fsp3) is 0.625. The van der Waals surface area contributed by atoms with E-state index in [1.165, 1.54) is 44.1 Å². The Kier molecular flexibility index (Phi) is 4.61. The summed E-state index contributed by atoms with van der Waals surface area (Å²) in [6.45, 7) is 2.37. The third kappa shape index (κ3) is 3.57. The zero-order valence-corrected chi connectivity index (χ0v) is 10.9. The first-order valence-corrected chi connectivity index (χ1v) is 7.07. The summed E-state index contributed by atoms with van der Waals surface area (Å²) in [5.74, 6) is 1.63. The van der Waals surface area contributed by atoms with Crippen LogP contribution in [-0.4, -0.2) is 6.04 Å². The third-order valence-electron chi connectivity index (χ3n) is 4.32. The molecule has 1 saturated carbocycles. The van der Waals surface area contributed by atoms with Gasteiger partial charge in [-0.3, -0.25) is 0 Å². The molecule has 1 nitrogen and oxygen atoms in total. The second-order valence-electron chi connectivity index (χ2n) is 5.61. The van der Waals surface area contributed by atoms with E-state index in [4.69, 9.17) is 5.73 Å². The van der Waals surface area contributed by atoms with Crippen molar-refractivity contribution in [3.05, 3.63) is 35.9 Å². The minimum atomic E-state index is 0.427. The van der Waals surface area contributed by atoms with Crippen LogP contribution in [0.3, 0.4) is 0 Å². The molecule has 1 aromatic rings. The number of aryl methyl sites for hydroxylation is 1. The van der Waals surface area contributed by atoms with Crippen LogP contribution in [0.15, 0.2) is 30.3 Å². The van der Waals surface area contributed by atoms with Crippen LogP contribution in [0.5, 0.6) is 0 Å². The smallest absolute Gasteiger partial charge is 0.00698 e. The van der Waals surface area contributed by atoms with Crippen molar-refractivity contribution in [3.8, 4) is 0 Å². The molecule has 1 aromatic carbocycles. The van der Waals surface area contributed by atoms with Gasteiger partial charge in [-0.05, 0) is 43.1 Å². The van der Waals surface area contributed by atoms with E-state index in [1.807, 2.05) is 0 Å². The Morgan fingerprint density at radius 1 is 1.24 bits per heavy atom. The van der Waals surface area contributed by atoms with Gasteiger partial charge in [0.05, 0.1) is 0 Å². The molecule has 17 heavy (non-hydrogen) atoms. The Hall–Kier alpha value is -0.820. The molecule has 94 valence electrons. The zero-order chi connectivity index (χ0) is 12.1. The fourth-order valence-electron chi connectivity index (χ4n) is 3.21. The van der Waals surface area contributed by atoms with Gasteiger partial charge in [0.15, 0.2) is 0 Å². The van der Waals surface area contributed by atoms with E-state index in [2.05, 4.69) is 37.3 Å². The van der Waals surface area contributed by atoms with Crippen LogP contribution in [0.25, 0.3) is 0 Å². The Morgan fingerprint density at radius 2 is 2.00 bits per heavy atom. The van der Waals surface area contributed by atoms with Crippen molar-refractivity contribution in [3.63, 3.8) is 0 Å². The molecule has 0 aromatic heterocycles. The number of hydrogen-bond donors (Lipinski definition) is 1. The second-order valence-corrected chi connectivity index (χ2v) is 5.61. The van der Waals surface area contributed by atoms with Crippen LogP contribution in [0.1, 0.15) is 44.6 Å². The Bertz CT molecular complexity index is 320. The lowest BCUT2D eigenvalue weighted by atomic mass is 9.87. The average molecular weight is 231 g/mol. The number of rotatable bonds is 5. The van der Waals surface area contributed by atoms with Crippen LogP contribution >= 0.6 is 0 Å². The SMILES string of the molecule is CC1CCCC1C(N)CCCc1ccccc1. The molecule has 0 amide bonds. The van der Waals surface area contributed by atoms with Crippen LogP contribution in [0.2, 0.25) is 0 Å². The molecule has 3 atom stereocenters. The summed E-state index contributed by atoms with van der Waals surface area (Å²) >= 11 is 0. The van der Waals surface area contributed by atoms with Crippen molar-refractivity contribution in [2.45, 2.75) is 51.5 Å². The van der Waals surface area contributed by atoms with Gasteiger partial charge in [0.2, 0.25) is 0 Å². The molecule has 2 N–H and O–H groups in total. The molecule has 0 radical (unpaired) electrons. The van der Waals surface area contributed by atoms with E-state index >= 15 is 0 Å². The molecule has 1 aliphatic rings. The molecule has 0 heterocycles. The molecule has 0 aliphatic heterocycles. The van der Waals surface area contributed by atoms with Gasteiger partial charge >= 0.3 is 0 Å². The quantitative estimate of drug-likeness (QED) is 0.820. The van der Waals surface area contributed by atoms with Gasteiger partial charge in [-0.2, -0.15) is 0 Å². The van der Waals surface area contributed by atoms with Crippen molar-refractivity contribution in [2.24, 2.45) is 17.6 Å². The molecule has 0 spiro atoms. The van der Waals surface area contributed by atoms with Crippen LogP contribution in [0, 0.1) is 11.8 Å². The highest BCUT2D eigenvalue weighted by Crippen LogP contribution is 2.34. The zero-order valence-electron chi connectivity index (χ0n) is 10.9. The van der Waals surface area contributed by atoms with Crippen LogP contribution in [-0.2, 0) is 6.42 Å². The summed E-state index contributed by atoms with van der Waals surface area (Å²) in [6.07, 6.45) is 7.72. The van der Waals surface area contributed by atoms with Gasteiger partial charge in [0.1, 0.15) is 0 Å². The lowest BCUT2D eigenvalue weighted by molar-refractivity contribution is 0.327. The van der Waals surface area contributed by atoms with E-state index < -0.39 is 0 Å². The van der Waals surface area contributed by atoms with E-state index in [1.54, 1.807) is 0 Å².